The summed E-state index contributed by atoms with van der Waals surface area (Å²) >= 11 is 11.9. The van der Waals surface area contributed by atoms with Crippen LogP contribution in [-0.2, 0) is 4.74 Å². The maximum atomic E-state index is 12.4. The Labute approximate surface area is 138 Å². The standard InChI is InChI=1S/C16H14Cl2N2O2/c17-11-3-1-10(2-4-11)15-14(6-8-22-15)20-16(21)12-5-7-19-9-13(12)18/h1-5,7,9,14-15H,6,8H2,(H,20,21). The van der Waals surface area contributed by atoms with Gasteiger partial charge in [-0.1, -0.05) is 35.3 Å². The number of hydrogen-bond donors (Lipinski definition) is 1. The number of pyridine rings is 1. The van der Waals surface area contributed by atoms with Gasteiger partial charge >= 0.3 is 0 Å². The Morgan fingerprint density at radius 2 is 2.00 bits per heavy atom. The first-order valence-electron chi connectivity index (χ1n) is 6.92. The zero-order valence-electron chi connectivity index (χ0n) is 11.6. The van der Waals surface area contributed by atoms with Crippen LogP contribution >= 0.6 is 23.2 Å². The highest BCUT2D eigenvalue weighted by Gasteiger charge is 2.31. The van der Waals surface area contributed by atoms with E-state index in [1.54, 1.807) is 12.3 Å². The monoisotopic (exact) mass is 336 g/mol. The van der Waals surface area contributed by atoms with Gasteiger partial charge in [0.05, 0.1) is 16.6 Å². The van der Waals surface area contributed by atoms with Crippen molar-refractivity contribution in [2.75, 3.05) is 6.61 Å². The number of aromatic nitrogens is 1. The average molecular weight is 337 g/mol. The summed E-state index contributed by atoms with van der Waals surface area (Å²) in [6.45, 7) is 0.600. The SMILES string of the molecule is O=C(NC1CCOC1c1ccc(Cl)cc1)c1ccncc1Cl. The third-order valence-electron chi connectivity index (χ3n) is 3.62. The van der Waals surface area contributed by atoms with Gasteiger partial charge in [0.25, 0.3) is 5.91 Å². The van der Waals surface area contributed by atoms with E-state index in [1.807, 2.05) is 24.3 Å². The molecule has 114 valence electrons. The van der Waals surface area contributed by atoms with Gasteiger partial charge in [-0.3, -0.25) is 9.78 Å². The Kier molecular flexibility index (Phi) is 4.62. The number of carbonyl (C=O) groups excluding carboxylic acids is 1. The Morgan fingerprint density at radius 3 is 2.73 bits per heavy atom. The lowest BCUT2D eigenvalue weighted by Gasteiger charge is -2.20. The van der Waals surface area contributed by atoms with Crippen molar-refractivity contribution < 1.29 is 9.53 Å². The highest BCUT2D eigenvalue weighted by atomic mass is 35.5. The van der Waals surface area contributed by atoms with E-state index in [9.17, 15) is 4.79 Å². The van der Waals surface area contributed by atoms with Gasteiger partial charge < -0.3 is 10.1 Å². The summed E-state index contributed by atoms with van der Waals surface area (Å²) in [5, 5.41) is 4.00. The van der Waals surface area contributed by atoms with Crippen LogP contribution in [0.2, 0.25) is 10.0 Å². The number of nitrogens with zero attached hydrogens (tertiary/aromatic N) is 1. The van der Waals surface area contributed by atoms with Crippen LogP contribution < -0.4 is 5.32 Å². The summed E-state index contributed by atoms with van der Waals surface area (Å²) < 4.78 is 5.76. The highest BCUT2D eigenvalue weighted by molar-refractivity contribution is 6.33. The van der Waals surface area contributed by atoms with Gasteiger partial charge in [0.1, 0.15) is 6.10 Å². The number of carbonyl (C=O) groups is 1. The van der Waals surface area contributed by atoms with Crippen LogP contribution in [0.25, 0.3) is 0 Å². The third-order valence-corrected chi connectivity index (χ3v) is 4.18. The molecule has 1 aliphatic rings. The number of ether oxygens (including phenoxy) is 1. The zero-order chi connectivity index (χ0) is 15.5. The molecule has 2 aromatic rings. The molecule has 0 aliphatic carbocycles. The molecule has 6 heteroatoms. The molecule has 1 aromatic carbocycles. The van der Waals surface area contributed by atoms with Gasteiger partial charge in [-0.05, 0) is 30.2 Å². The lowest BCUT2D eigenvalue weighted by molar-refractivity contribution is 0.0821. The van der Waals surface area contributed by atoms with Crippen LogP contribution in [0, 0.1) is 0 Å². The lowest BCUT2D eigenvalue weighted by Crippen LogP contribution is -2.37. The number of hydrogen-bond acceptors (Lipinski definition) is 3. The Morgan fingerprint density at radius 1 is 1.23 bits per heavy atom. The second-order valence-electron chi connectivity index (χ2n) is 5.07. The van der Waals surface area contributed by atoms with Gasteiger partial charge in [-0.15, -0.1) is 0 Å². The maximum Gasteiger partial charge on any atom is 0.253 e. The molecule has 0 bridgehead atoms. The normalized spacial score (nSPS) is 20.8. The first-order valence-corrected chi connectivity index (χ1v) is 7.68. The predicted octanol–water partition coefficient (Wildman–Crippen LogP) is 3.65. The average Bonchev–Trinajstić information content (AvgIpc) is 2.96. The molecular weight excluding hydrogens is 323 g/mol. The fraction of sp³-hybridized carbons (Fsp3) is 0.250. The van der Waals surface area contributed by atoms with Crippen LogP contribution in [0.3, 0.4) is 0 Å². The summed E-state index contributed by atoms with van der Waals surface area (Å²) in [5.41, 5.74) is 1.41. The molecule has 2 unspecified atom stereocenters. The maximum absolute atomic E-state index is 12.4. The van der Waals surface area contributed by atoms with Crippen LogP contribution in [0.4, 0.5) is 0 Å². The first kappa shape index (κ1) is 15.3. The Bertz CT molecular complexity index is 676. The van der Waals surface area contributed by atoms with Crippen LogP contribution in [0.5, 0.6) is 0 Å². The lowest BCUT2D eigenvalue weighted by atomic mass is 10.0. The minimum atomic E-state index is -0.220. The number of amides is 1. The van der Waals surface area contributed by atoms with Crippen molar-refractivity contribution in [1.82, 2.24) is 10.3 Å². The topological polar surface area (TPSA) is 51.2 Å². The number of benzene rings is 1. The summed E-state index contributed by atoms with van der Waals surface area (Å²) in [4.78, 5) is 16.2. The van der Waals surface area contributed by atoms with Gasteiger partial charge in [0.2, 0.25) is 0 Å². The van der Waals surface area contributed by atoms with Crippen molar-refractivity contribution in [3.05, 3.63) is 63.9 Å². The molecule has 1 N–H and O–H groups in total. The molecule has 1 saturated heterocycles. The molecule has 0 radical (unpaired) electrons. The fourth-order valence-electron chi connectivity index (χ4n) is 2.52. The molecule has 0 spiro atoms. The molecule has 4 nitrogen and oxygen atoms in total. The Balaban J connectivity index is 1.75. The van der Waals surface area contributed by atoms with Gasteiger partial charge in [0, 0.05) is 24.0 Å². The van der Waals surface area contributed by atoms with E-state index >= 15 is 0 Å². The molecule has 22 heavy (non-hydrogen) atoms. The van der Waals surface area contributed by atoms with Crippen LogP contribution in [0.1, 0.15) is 28.4 Å². The van der Waals surface area contributed by atoms with E-state index in [0.717, 1.165) is 12.0 Å². The summed E-state index contributed by atoms with van der Waals surface area (Å²) in [5.74, 6) is -0.220. The fourth-order valence-corrected chi connectivity index (χ4v) is 2.85. The predicted molar refractivity (Wildman–Crippen MR) is 85.3 cm³/mol. The van der Waals surface area contributed by atoms with Crippen molar-refractivity contribution in [2.45, 2.75) is 18.6 Å². The van der Waals surface area contributed by atoms with Crippen LogP contribution in [0.15, 0.2) is 42.7 Å². The molecule has 1 fully saturated rings. The van der Waals surface area contributed by atoms with Gasteiger partial charge in [-0.2, -0.15) is 0 Å². The van der Waals surface area contributed by atoms with E-state index in [-0.39, 0.29) is 18.1 Å². The number of nitrogens with one attached hydrogen (secondary N) is 1. The second-order valence-corrected chi connectivity index (χ2v) is 5.91. The summed E-state index contributed by atoms with van der Waals surface area (Å²) in [7, 11) is 0. The van der Waals surface area contributed by atoms with E-state index in [4.69, 9.17) is 27.9 Å². The highest BCUT2D eigenvalue weighted by Crippen LogP contribution is 2.30. The minimum Gasteiger partial charge on any atom is -0.371 e. The largest absolute Gasteiger partial charge is 0.371 e. The van der Waals surface area contributed by atoms with Gasteiger partial charge in [-0.25, -0.2) is 0 Å². The van der Waals surface area contributed by atoms with E-state index in [2.05, 4.69) is 10.3 Å². The minimum absolute atomic E-state index is 0.0992. The Hall–Kier alpha value is -1.62. The number of halogens is 2. The molecular formula is C16H14Cl2N2O2. The van der Waals surface area contributed by atoms with Crippen molar-refractivity contribution in [3.63, 3.8) is 0 Å². The molecule has 1 aromatic heterocycles. The molecule has 1 aliphatic heterocycles. The quantitative estimate of drug-likeness (QED) is 0.930. The second kappa shape index (κ2) is 6.65. The molecule has 0 saturated carbocycles. The number of rotatable bonds is 3. The summed E-state index contributed by atoms with van der Waals surface area (Å²) in [6, 6.07) is 8.96. The third kappa shape index (κ3) is 3.24. The summed E-state index contributed by atoms with van der Waals surface area (Å²) in [6.07, 6.45) is 3.57. The van der Waals surface area contributed by atoms with Gasteiger partial charge in [0.15, 0.2) is 0 Å². The van der Waals surface area contributed by atoms with E-state index < -0.39 is 0 Å². The smallest absolute Gasteiger partial charge is 0.253 e. The molecule has 1 amide bonds. The molecule has 2 heterocycles. The van der Waals surface area contributed by atoms with Crippen LogP contribution in [-0.4, -0.2) is 23.5 Å². The molecule has 3 rings (SSSR count). The van der Waals surface area contributed by atoms with E-state index in [1.165, 1.54) is 6.20 Å². The van der Waals surface area contributed by atoms with Crippen molar-refractivity contribution in [3.8, 4) is 0 Å². The molecule has 2 atom stereocenters. The van der Waals surface area contributed by atoms with E-state index in [0.29, 0.717) is 22.2 Å². The first-order chi connectivity index (χ1) is 10.6. The van der Waals surface area contributed by atoms with Crippen molar-refractivity contribution >= 4 is 29.1 Å². The van der Waals surface area contributed by atoms with Crippen molar-refractivity contribution in [1.29, 1.82) is 0 Å². The van der Waals surface area contributed by atoms with Crippen molar-refractivity contribution in [2.24, 2.45) is 0 Å². The zero-order valence-corrected chi connectivity index (χ0v) is 13.1.